The zero-order valence-electron chi connectivity index (χ0n) is 18.7. The van der Waals surface area contributed by atoms with Crippen molar-refractivity contribution in [2.45, 2.75) is 53.6 Å². The molecule has 0 fully saturated rings. The molecular formula is C23H32O6. The molecule has 1 atom stereocenters. The maximum absolute atomic E-state index is 12.6. The summed E-state index contributed by atoms with van der Waals surface area (Å²) in [7, 11) is 4.65. The maximum atomic E-state index is 12.6. The van der Waals surface area contributed by atoms with Gasteiger partial charge in [0.05, 0.1) is 32.8 Å². The highest BCUT2D eigenvalue weighted by Crippen LogP contribution is 2.52. The van der Waals surface area contributed by atoms with Gasteiger partial charge < -0.3 is 23.7 Å². The Morgan fingerprint density at radius 1 is 0.931 bits per heavy atom. The van der Waals surface area contributed by atoms with Crippen molar-refractivity contribution in [3.05, 3.63) is 18.2 Å². The standard InChI is InChI=1S/C23H32O6/c1-9-10-14(2)28-19-17-13-15(25-6)11-12-16(17)18(20(26-7)21(19)27-8)29-22(24)23(3,4)5/h11-14H,9-10H2,1-8H3. The topological polar surface area (TPSA) is 63.2 Å². The van der Waals surface area contributed by atoms with Crippen LogP contribution in [0.5, 0.6) is 28.7 Å². The van der Waals surface area contributed by atoms with E-state index in [9.17, 15) is 4.79 Å². The van der Waals surface area contributed by atoms with Crippen LogP contribution in [0.3, 0.4) is 0 Å². The van der Waals surface area contributed by atoms with Crippen molar-refractivity contribution in [3.8, 4) is 28.7 Å². The van der Waals surface area contributed by atoms with Crippen LogP contribution in [0, 0.1) is 5.41 Å². The summed E-state index contributed by atoms with van der Waals surface area (Å²) in [6.45, 7) is 9.51. The smallest absolute Gasteiger partial charge is 0.316 e. The van der Waals surface area contributed by atoms with Crippen LogP contribution in [0.2, 0.25) is 0 Å². The monoisotopic (exact) mass is 404 g/mol. The predicted molar refractivity (Wildman–Crippen MR) is 114 cm³/mol. The molecule has 0 N–H and O–H groups in total. The van der Waals surface area contributed by atoms with Crippen LogP contribution in [0.1, 0.15) is 47.5 Å². The lowest BCUT2D eigenvalue weighted by molar-refractivity contribution is -0.143. The van der Waals surface area contributed by atoms with Crippen LogP contribution in [0.25, 0.3) is 10.8 Å². The molecule has 6 nitrogen and oxygen atoms in total. The molecule has 160 valence electrons. The molecule has 6 heteroatoms. The summed E-state index contributed by atoms with van der Waals surface area (Å²) >= 11 is 0. The fraction of sp³-hybridized carbons (Fsp3) is 0.522. The fourth-order valence-corrected chi connectivity index (χ4v) is 2.99. The summed E-state index contributed by atoms with van der Waals surface area (Å²) in [5.74, 6) is 1.83. The molecule has 0 aliphatic heterocycles. The minimum absolute atomic E-state index is 0.0315. The molecule has 0 aliphatic carbocycles. The van der Waals surface area contributed by atoms with Crippen molar-refractivity contribution in [1.29, 1.82) is 0 Å². The first-order valence-electron chi connectivity index (χ1n) is 9.82. The van der Waals surface area contributed by atoms with Gasteiger partial charge in [-0.15, -0.1) is 0 Å². The third-order valence-corrected chi connectivity index (χ3v) is 4.56. The first-order chi connectivity index (χ1) is 13.7. The maximum Gasteiger partial charge on any atom is 0.316 e. The molecule has 0 spiro atoms. The second-order valence-electron chi connectivity index (χ2n) is 7.99. The van der Waals surface area contributed by atoms with E-state index in [4.69, 9.17) is 23.7 Å². The molecule has 0 aromatic heterocycles. The largest absolute Gasteiger partial charge is 0.497 e. The highest BCUT2D eigenvalue weighted by atomic mass is 16.6. The average molecular weight is 405 g/mol. The molecule has 29 heavy (non-hydrogen) atoms. The van der Waals surface area contributed by atoms with Gasteiger partial charge in [-0.3, -0.25) is 4.79 Å². The van der Waals surface area contributed by atoms with Crippen LogP contribution in [-0.4, -0.2) is 33.4 Å². The lowest BCUT2D eigenvalue weighted by Crippen LogP contribution is -2.26. The van der Waals surface area contributed by atoms with Crippen LogP contribution < -0.4 is 23.7 Å². The van der Waals surface area contributed by atoms with Gasteiger partial charge in [0.1, 0.15) is 5.75 Å². The Hall–Kier alpha value is -2.63. The zero-order chi connectivity index (χ0) is 21.8. The Bertz CT molecular complexity index is 866. The summed E-state index contributed by atoms with van der Waals surface area (Å²) in [6.07, 6.45) is 1.84. The lowest BCUT2D eigenvalue weighted by atomic mass is 9.97. The van der Waals surface area contributed by atoms with Crippen molar-refractivity contribution < 1.29 is 28.5 Å². The summed E-state index contributed by atoms with van der Waals surface area (Å²) in [5.41, 5.74) is -0.679. The Labute approximate surface area is 173 Å². The third kappa shape index (κ3) is 4.86. The molecule has 0 radical (unpaired) electrons. The number of methoxy groups -OCH3 is 3. The molecule has 0 saturated heterocycles. The number of hydrogen-bond acceptors (Lipinski definition) is 6. The van der Waals surface area contributed by atoms with Gasteiger partial charge in [0.25, 0.3) is 0 Å². The lowest BCUT2D eigenvalue weighted by Gasteiger charge is -2.24. The Balaban J connectivity index is 2.81. The minimum atomic E-state index is -0.679. The highest BCUT2D eigenvalue weighted by molar-refractivity contribution is 6.01. The molecule has 1 unspecified atom stereocenters. The van der Waals surface area contributed by atoms with Gasteiger partial charge in [-0.25, -0.2) is 0 Å². The molecule has 0 amide bonds. The quantitative estimate of drug-likeness (QED) is 0.434. The van der Waals surface area contributed by atoms with E-state index in [2.05, 4.69) is 6.92 Å². The molecule has 0 aliphatic rings. The molecule has 0 saturated carbocycles. The number of hydrogen-bond donors (Lipinski definition) is 0. The number of ether oxygens (including phenoxy) is 5. The van der Waals surface area contributed by atoms with Gasteiger partial charge in [-0.1, -0.05) is 13.3 Å². The van der Waals surface area contributed by atoms with Crippen molar-refractivity contribution in [3.63, 3.8) is 0 Å². The second-order valence-corrected chi connectivity index (χ2v) is 7.99. The molecule has 2 aromatic rings. The summed E-state index contributed by atoms with van der Waals surface area (Å²) < 4.78 is 28.7. The van der Waals surface area contributed by atoms with Gasteiger partial charge in [0, 0.05) is 10.8 Å². The summed E-state index contributed by atoms with van der Waals surface area (Å²) in [4.78, 5) is 12.6. The predicted octanol–water partition coefficient (Wildman–Crippen LogP) is 5.38. The van der Waals surface area contributed by atoms with Crippen LogP contribution in [-0.2, 0) is 4.79 Å². The van der Waals surface area contributed by atoms with Crippen LogP contribution >= 0.6 is 0 Å². The van der Waals surface area contributed by atoms with E-state index in [1.807, 2.05) is 25.1 Å². The number of esters is 1. The van der Waals surface area contributed by atoms with Crippen molar-refractivity contribution >= 4 is 16.7 Å². The Morgan fingerprint density at radius 2 is 1.55 bits per heavy atom. The van der Waals surface area contributed by atoms with E-state index >= 15 is 0 Å². The SMILES string of the molecule is CCCC(C)Oc1c(OC)c(OC)c(OC(=O)C(C)(C)C)c2ccc(OC)cc12. The van der Waals surface area contributed by atoms with Crippen LogP contribution in [0.15, 0.2) is 18.2 Å². The number of benzene rings is 2. The van der Waals surface area contributed by atoms with Gasteiger partial charge >= 0.3 is 5.97 Å². The number of carbonyl (C=O) groups excluding carboxylic acids is 1. The van der Waals surface area contributed by atoms with E-state index in [1.54, 1.807) is 27.9 Å². The van der Waals surface area contributed by atoms with Gasteiger partial charge in [0.2, 0.25) is 11.5 Å². The number of rotatable bonds is 8. The summed E-state index contributed by atoms with van der Waals surface area (Å²) in [6, 6.07) is 5.49. The highest BCUT2D eigenvalue weighted by Gasteiger charge is 2.30. The fourth-order valence-electron chi connectivity index (χ4n) is 2.99. The van der Waals surface area contributed by atoms with E-state index in [1.165, 1.54) is 14.2 Å². The first-order valence-corrected chi connectivity index (χ1v) is 9.82. The van der Waals surface area contributed by atoms with Gasteiger partial charge in [-0.2, -0.15) is 0 Å². The third-order valence-electron chi connectivity index (χ3n) is 4.56. The average Bonchev–Trinajstić information content (AvgIpc) is 2.68. The minimum Gasteiger partial charge on any atom is -0.497 e. The van der Waals surface area contributed by atoms with E-state index < -0.39 is 5.41 Å². The number of carbonyl (C=O) groups is 1. The van der Waals surface area contributed by atoms with Gasteiger partial charge in [0.15, 0.2) is 11.5 Å². The van der Waals surface area contributed by atoms with Crippen molar-refractivity contribution in [1.82, 2.24) is 0 Å². The second kappa shape index (κ2) is 9.25. The van der Waals surface area contributed by atoms with Crippen LogP contribution in [0.4, 0.5) is 0 Å². The molecule has 2 rings (SSSR count). The molecular weight excluding hydrogens is 372 g/mol. The van der Waals surface area contributed by atoms with E-state index in [0.29, 0.717) is 34.1 Å². The molecule has 0 bridgehead atoms. The van der Waals surface area contributed by atoms with E-state index in [0.717, 1.165) is 18.2 Å². The molecule has 2 aromatic carbocycles. The Kier molecular flexibility index (Phi) is 7.22. The van der Waals surface area contributed by atoms with Gasteiger partial charge in [-0.05, 0) is 52.3 Å². The summed E-state index contributed by atoms with van der Waals surface area (Å²) in [5, 5.41) is 1.40. The Morgan fingerprint density at radius 3 is 2.07 bits per heavy atom. The van der Waals surface area contributed by atoms with Crippen molar-refractivity contribution in [2.75, 3.05) is 21.3 Å². The number of fused-ring (bicyclic) bond motifs is 1. The molecule has 0 heterocycles. The normalized spacial score (nSPS) is 12.4. The van der Waals surface area contributed by atoms with E-state index in [-0.39, 0.29) is 12.1 Å². The first kappa shape index (κ1) is 22.7. The zero-order valence-corrected chi connectivity index (χ0v) is 18.7. The van der Waals surface area contributed by atoms with Crippen molar-refractivity contribution in [2.24, 2.45) is 5.41 Å².